The van der Waals surface area contributed by atoms with E-state index < -0.39 is 0 Å². The van der Waals surface area contributed by atoms with E-state index >= 15 is 0 Å². The summed E-state index contributed by atoms with van der Waals surface area (Å²) >= 11 is 5.57. The van der Waals surface area contributed by atoms with Gasteiger partial charge in [0.25, 0.3) is 0 Å². The molecule has 1 aliphatic rings. The number of hydrogen-bond donors (Lipinski definition) is 0. The summed E-state index contributed by atoms with van der Waals surface area (Å²) in [4.78, 5) is 15.8. The Kier molecular flexibility index (Phi) is 4.69. The molecule has 0 spiro atoms. The number of nitrogens with zero attached hydrogens (tertiary/aromatic N) is 2. The van der Waals surface area contributed by atoms with Crippen LogP contribution in [0.2, 0.25) is 0 Å². The number of likely N-dealkylation sites (tertiary alicyclic amines) is 1. The van der Waals surface area contributed by atoms with Crippen LogP contribution in [0.1, 0.15) is 19.3 Å². The molecule has 0 radical (unpaired) electrons. The van der Waals surface area contributed by atoms with E-state index in [1.54, 1.807) is 0 Å². The normalized spacial score (nSPS) is 22.0. The molecule has 82 valence electrons. The molecule has 1 rings (SSSR count). The first-order valence-corrected chi connectivity index (χ1v) is 5.68. The summed E-state index contributed by atoms with van der Waals surface area (Å²) in [5, 5.41) is 0. The van der Waals surface area contributed by atoms with Crippen LogP contribution in [-0.4, -0.2) is 54.8 Å². The van der Waals surface area contributed by atoms with Crippen molar-refractivity contribution in [2.75, 3.05) is 33.1 Å². The topological polar surface area (TPSA) is 23.6 Å². The van der Waals surface area contributed by atoms with Crippen molar-refractivity contribution in [3.05, 3.63) is 0 Å². The lowest BCUT2D eigenvalue weighted by atomic mass is 10.2. The van der Waals surface area contributed by atoms with Gasteiger partial charge in [-0.2, -0.15) is 0 Å². The molecule has 1 saturated heterocycles. The van der Waals surface area contributed by atoms with Gasteiger partial charge in [-0.3, -0.25) is 4.79 Å². The fraction of sp³-hybridized carbons (Fsp3) is 0.900. The number of carbonyl (C=O) groups is 1. The number of carbonyl (C=O) groups excluding carboxylic acids is 1. The molecule has 1 atom stereocenters. The summed E-state index contributed by atoms with van der Waals surface area (Å²) < 4.78 is 0. The van der Waals surface area contributed by atoms with Crippen molar-refractivity contribution in [2.24, 2.45) is 0 Å². The zero-order chi connectivity index (χ0) is 10.6. The molecule has 0 aliphatic carbocycles. The summed E-state index contributed by atoms with van der Waals surface area (Å²) in [5.74, 6) is 0.647. The van der Waals surface area contributed by atoms with Crippen molar-refractivity contribution in [3.63, 3.8) is 0 Å². The number of rotatable bonds is 4. The van der Waals surface area contributed by atoms with Crippen LogP contribution in [0, 0.1) is 0 Å². The first-order chi connectivity index (χ1) is 6.65. The first-order valence-electron chi connectivity index (χ1n) is 5.15. The molecule has 4 heteroatoms. The molecule has 0 bridgehead atoms. The lowest BCUT2D eigenvalue weighted by molar-refractivity contribution is -0.131. The van der Waals surface area contributed by atoms with Crippen LogP contribution in [0.3, 0.4) is 0 Å². The Balaban J connectivity index is 2.46. The second-order valence-electron chi connectivity index (χ2n) is 4.08. The van der Waals surface area contributed by atoms with E-state index in [1.807, 2.05) is 19.0 Å². The van der Waals surface area contributed by atoms with Gasteiger partial charge >= 0.3 is 0 Å². The van der Waals surface area contributed by atoms with Crippen molar-refractivity contribution in [1.82, 2.24) is 9.80 Å². The molecule has 3 nitrogen and oxygen atoms in total. The van der Waals surface area contributed by atoms with Gasteiger partial charge in [0, 0.05) is 31.4 Å². The lowest BCUT2D eigenvalue weighted by Gasteiger charge is -2.26. The standard InChI is InChI=1S/C10H19ClN2O/c1-12(2)8-9-4-3-7-13(9)10(14)5-6-11/h9H,3-8H2,1-2H3. The second kappa shape index (κ2) is 5.56. The minimum absolute atomic E-state index is 0.212. The summed E-state index contributed by atoms with van der Waals surface area (Å²) in [6.07, 6.45) is 2.74. The third-order valence-electron chi connectivity index (χ3n) is 2.58. The molecule has 1 aliphatic heterocycles. The van der Waals surface area contributed by atoms with Gasteiger partial charge in [-0.1, -0.05) is 0 Å². The predicted octanol–water partition coefficient (Wildman–Crippen LogP) is 1.17. The maximum Gasteiger partial charge on any atom is 0.224 e. The summed E-state index contributed by atoms with van der Waals surface area (Å²) in [5.41, 5.74) is 0. The van der Waals surface area contributed by atoms with E-state index in [0.29, 0.717) is 18.3 Å². The Bertz CT molecular complexity index is 197. The van der Waals surface area contributed by atoms with Crippen molar-refractivity contribution in [1.29, 1.82) is 0 Å². The van der Waals surface area contributed by atoms with E-state index in [9.17, 15) is 4.79 Å². The van der Waals surface area contributed by atoms with Crippen molar-refractivity contribution in [2.45, 2.75) is 25.3 Å². The molecule has 0 saturated carbocycles. The summed E-state index contributed by atoms with van der Waals surface area (Å²) in [6, 6.07) is 0.403. The van der Waals surface area contributed by atoms with Gasteiger partial charge in [0.05, 0.1) is 0 Å². The lowest BCUT2D eigenvalue weighted by Crippen LogP contribution is -2.41. The highest BCUT2D eigenvalue weighted by molar-refractivity contribution is 6.18. The largest absolute Gasteiger partial charge is 0.338 e. The Morgan fingerprint density at radius 1 is 1.57 bits per heavy atom. The van der Waals surface area contributed by atoms with Crippen LogP contribution >= 0.6 is 11.6 Å². The number of amides is 1. The third kappa shape index (κ3) is 3.14. The molecule has 0 aromatic rings. The average Bonchev–Trinajstić information content (AvgIpc) is 2.51. The number of alkyl halides is 1. The summed E-state index contributed by atoms with van der Waals surface area (Å²) in [7, 11) is 4.09. The monoisotopic (exact) mass is 218 g/mol. The van der Waals surface area contributed by atoms with Gasteiger partial charge in [-0.25, -0.2) is 0 Å². The van der Waals surface area contributed by atoms with Gasteiger partial charge < -0.3 is 9.80 Å². The fourth-order valence-electron chi connectivity index (χ4n) is 2.00. The maximum absolute atomic E-state index is 11.7. The van der Waals surface area contributed by atoms with Crippen molar-refractivity contribution < 1.29 is 4.79 Å². The Morgan fingerprint density at radius 2 is 2.29 bits per heavy atom. The van der Waals surface area contributed by atoms with E-state index in [2.05, 4.69) is 4.90 Å². The molecular formula is C10H19ClN2O. The molecule has 14 heavy (non-hydrogen) atoms. The first kappa shape index (κ1) is 11.8. The van der Waals surface area contributed by atoms with Gasteiger partial charge in [-0.05, 0) is 26.9 Å². The Labute approximate surface area is 91.0 Å². The number of likely N-dealkylation sites (N-methyl/N-ethyl adjacent to an activating group) is 1. The third-order valence-corrected chi connectivity index (χ3v) is 2.77. The van der Waals surface area contributed by atoms with E-state index in [-0.39, 0.29) is 5.91 Å². The van der Waals surface area contributed by atoms with E-state index in [4.69, 9.17) is 11.6 Å². The minimum Gasteiger partial charge on any atom is -0.338 e. The molecule has 1 amide bonds. The molecular weight excluding hydrogens is 200 g/mol. The zero-order valence-corrected chi connectivity index (χ0v) is 9.76. The highest BCUT2D eigenvalue weighted by atomic mass is 35.5. The Hall–Kier alpha value is -0.280. The van der Waals surface area contributed by atoms with Crippen molar-refractivity contribution in [3.8, 4) is 0 Å². The zero-order valence-electron chi connectivity index (χ0n) is 9.00. The van der Waals surface area contributed by atoms with Gasteiger partial charge in [0.1, 0.15) is 0 Å². The van der Waals surface area contributed by atoms with Crippen LogP contribution in [0.25, 0.3) is 0 Å². The number of hydrogen-bond acceptors (Lipinski definition) is 2. The average molecular weight is 219 g/mol. The molecule has 0 N–H and O–H groups in total. The molecule has 1 fully saturated rings. The van der Waals surface area contributed by atoms with Crippen LogP contribution in [0.4, 0.5) is 0 Å². The van der Waals surface area contributed by atoms with Crippen LogP contribution in [0.5, 0.6) is 0 Å². The summed E-state index contributed by atoms with van der Waals surface area (Å²) in [6.45, 7) is 1.88. The minimum atomic E-state index is 0.212. The van der Waals surface area contributed by atoms with Gasteiger partial charge in [-0.15, -0.1) is 11.6 Å². The highest BCUT2D eigenvalue weighted by Gasteiger charge is 2.28. The molecule has 0 aromatic heterocycles. The van der Waals surface area contributed by atoms with Crippen molar-refractivity contribution >= 4 is 17.5 Å². The van der Waals surface area contributed by atoms with Gasteiger partial charge in [0.2, 0.25) is 5.91 Å². The molecule has 1 unspecified atom stereocenters. The second-order valence-corrected chi connectivity index (χ2v) is 4.46. The van der Waals surface area contributed by atoms with E-state index in [0.717, 1.165) is 25.9 Å². The van der Waals surface area contributed by atoms with E-state index in [1.165, 1.54) is 0 Å². The smallest absolute Gasteiger partial charge is 0.224 e. The molecule has 1 heterocycles. The van der Waals surface area contributed by atoms with Crippen LogP contribution in [0.15, 0.2) is 0 Å². The molecule has 0 aromatic carbocycles. The Morgan fingerprint density at radius 3 is 2.86 bits per heavy atom. The highest BCUT2D eigenvalue weighted by Crippen LogP contribution is 2.18. The van der Waals surface area contributed by atoms with Crippen LogP contribution in [-0.2, 0) is 4.79 Å². The fourth-order valence-corrected chi connectivity index (χ4v) is 2.16. The predicted molar refractivity (Wildman–Crippen MR) is 58.6 cm³/mol. The van der Waals surface area contributed by atoms with Crippen LogP contribution < -0.4 is 0 Å². The van der Waals surface area contributed by atoms with Gasteiger partial charge in [0.15, 0.2) is 0 Å². The number of halogens is 1. The quantitative estimate of drug-likeness (QED) is 0.662. The SMILES string of the molecule is CN(C)CC1CCCN1C(=O)CCCl. The maximum atomic E-state index is 11.7.